The van der Waals surface area contributed by atoms with Crippen molar-refractivity contribution in [2.75, 3.05) is 0 Å². The summed E-state index contributed by atoms with van der Waals surface area (Å²) < 4.78 is 15.8. The fraction of sp³-hybridized carbons (Fsp3) is 0.838. The number of esters is 1. The number of hydrogen-bond acceptors (Lipinski definition) is 7. The zero-order valence-corrected chi connectivity index (χ0v) is 29.2. The van der Waals surface area contributed by atoms with Crippen LogP contribution in [0.1, 0.15) is 127 Å². The first-order chi connectivity index (χ1) is 20.6. The molecule has 0 radical (unpaired) electrons. The van der Waals surface area contributed by atoms with Crippen LogP contribution < -0.4 is 0 Å². The Morgan fingerprint density at radius 1 is 0.844 bits per heavy atom. The number of aliphatic carboxylic acids is 1. The first-order valence-corrected chi connectivity index (χ1v) is 17.2. The second kappa shape index (κ2) is 10.8. The Morgan fingerprint density at radius 2 is 1.49 bits per heavy atom. The first kappa shape index (κ1) is 34.0. The van der Waals surface area contributed by atoms with Gasteiger partial charge in [-0.2, -0.15) is 0 Å². The van der Waals surface area contributed by atoms with Crippen LogP contribution in [0.25, 0.3) is 0 Å². The van der Waals surface area contributed by atoms with Gasteiger partial charge in [-0.15, -0.1) is 0 Å². The summed E-state index contributed by atoms with van der Waals surface area (Å²) in [6, 6.07) is 0. The molecule has 4 fully saturated rings. The summed E-state index contributed by atoms with van der Waals surface area (Å²) in [5.74, 6) is -1.29. The molecule has 10 atom stereocenters. The van der Waals surface area contributed by atoms with Gasteiger partial charge in [-0.25, -0.2) is 4.79 Å². The summed E-state index contributed by atoms with van der Waals surface area (Å²) in [4.78, 5) is 52.5. The van der Waals surface area contributed by atoms with Gasteiger partial charge in [-0.3, -0.25) is 14.4 Å². The minimum Gasteiger partial charge on any atom is -0.481 e. The van der Waals surface area contributed by atoms with E-state index in [9.17, 15) is 24.3 Å². The molecule has 0 aliphatic heterocycles. The molecular weight excluding hydrogens is 572 g/mol. The maximum absolute atomic E-state index is 14.6. The van der Waals surface area contributed by atoms with Crippen LogP contribution >= 0.6 is 0 Å². The number of rotatable bonds is 5. The SMILES string of the molecule is CC(C)OC(=O)O[C@H](C)OC(=O)[C@H]1CC[C@]2(C)[C@H]3C(=O)C=C4[C@@H]5C[C@@](C)(C(=O)O)CC[C@]5(C)CC[C@@]4(C)[C@]3(C)CC[C@H]2C1(C)C. The lowest BCUT2D eigenvalue weighted by atomic mass is 9.33. The van der Waals surface area contributed by atoms with Crippen molar-refractivity contribution in [1.29, 1.82) is 0 Å². The van der Waals surface area contributed by atoms with Crippen LogP contribution in [0.4, 0.5) is 4.79 Å². The van der Waals surface area contributed by atoms with Crippen molar-refractivity contribution in [1.82, 2.24) is 0 Å². The number of carbonyl (C=O) groups is 4. The molecule has 0 bridgehead atoms. The fourth-order valence-corrected chi connectivity index (χ4v) is 11.4. The predicted octanol–water partition coefficient (Wildman–Crippen LogP) is 8.12. The van der Waals surface area contributed by atoms with Crippen molar-refractivity contribution in [3.63, 3.8) is 0 Å². The number of carbonyl (C=O) groups excluding carboxylic acids is 3. The van der Waals surface area contributed by atoms with E-state index < -0.39 is 29.2 Å². The summed E-state index contributed by atoms with van der Waals surface area (Å²) in [5.41, 5.74) is -0.762. The van der Waals surface area contributed by atoms with Crippen molar-refractivity contribution < 1.29 is 38.5 Å². The fourth-order valence-electron chi connectivity index (χ4n) is 11.4. The van der Waals surface area contributed by atoms with Crippen LogP contribution in [0.5, 0.6) is 0 Å². The molecule has 0 aromatic rings. The van der Waals surface area contributed by atoms with Gasteiger partial charge in [0.05, 0.1) is 17.4 Å². The molecule has 252 valence electrons. The van der Waals surface area contributed by atoms with Crippen molar-refractivity contribution in [2.45, 2.75) is 139 Å². The van der Waals surface area contributed by atoms with Crippen LogP contribution in [0.15, 0.2) is 11.6 Å². The van der Waals surface area contributed by atoms with Crippen LogP contribution in [-0.2, 0) is 28.6 Å². The molecule has 1 N–H and O–H groups in total. The van der Waals surface area contributed by atoms with Gasteiger partial charge in [0.1, 0.15) is 0 Å². The average Bonchev–Trinajstić information content (AvgIpc) is 2.89. The molecule has 0 aromatic carbocycles. The summed E-state index contributed by atoms with van der Waals surface area (Å²) >= 11 is 0. The Labute approximate surface area is 269 Å². The van der Waals surface area contributed by atoms with Gasteiger partial charge in [0.25, 0.3) is 0 Å². The molecule has 0 spiro atoms. The van der Waals surface area contributed by atoms with Crippen LogP contribution in [0.2, 0.25) is 0 Å². The van der Waals surface area contributed by atoms with Crippen LogP contribution in [0.3, 0.4) is 0 Å². The molecule has 0 aromatic heterocycles. The Bertz CT molecular complexity index is 1300. The quantitative estimate of drug-likeness (QED) is 0.240. The number of hydrogen-bond donors (Lipinski definition) is 1. The molecule has 5 aliphatic carbocycles. The number of carboxylic acid groups (broad SMARTS) is 1. The van der Waals surface area contributed by atoms with Crippen molar-refractivity contribution in [2.24, 2.45) is 56.2 Å². The number of carboxylic acids is 1. The molecule has 0 unspecified atom stereocenters. The van der Waals surface area contributed by atoms with Gasteiger partial charge in [0.15, 0.2) is 5.78 Å². The third-order valence-corrected chi connectivity index (χ3v) is 14.3. The molecule has 5 rings (SSSR count). The van der Waals surface area contributed by atoms with Crippen molar-refractivity contribution >= 4 is 23.9 Å². The van der Waals surface area contributed by atoms with Crippen molar-refractivity contribution in [3.05, 3.63) is 11.6 Å². The number of fused-ring (bicyclic) bond motifs is 7. The smallest absolute Gasteiger partial charge is 0.481 e. The highest BCUT2D eigenvalue weighted by molar-refractivity contribution is 5.96. The minimum absolute atomic E-state index is 0.0116. The average molecular weight is 629 g/mol. The van der Waals surface area contributed by atoms with E-state index in [1.54, 1.807) is 13.8 Å². The maximum Gasteiger partial charge on any atom is 0.511 e. The zero-order chi connectivity index (χ0) is 33.5. The van der Waals surface area contributed by atoms with Gasteiger partial charge >= 0.3 is 18.1 Å². The van der Waals surface area contributed by atoms with E-state index in [0.717, 1.165) is 38.5 Å². The van der Waals surface area contributed by atoms with Gasteiger partial charge in [0.2, 0.25) is 6.29 Å². The lowest BCUT2D eigenvalue weighted by Gasteiger charge is -2.70. The first-order valence-electron chi connectivity index (χ1n) is 17.2. The normalized spacial score (nSPS) is 44.2. The lowest BCUT2D eigenvalue weighted by molar-refractivity contribution is -0.206. The Balaban J connectivity index is 1.43. The number of ether oxygens (including phenoxy) is 3. The third-order valence-electron chi connectivity index (χ3n) is 14.3. The highest BCUT2D eigenvalue weighted by Gasteiger charge is 2.70. The summed E-state index contributed by atoms with van der Waals surface area (Å²) in [5, 5.41) is 10.2. The van der Waals surface area contributed by atoms with Gasteiger partial charge in [-0.05, 0) is 124 Å². The molecular formula is C37H56O8. The molecule has 4 saturated carbocycles. The second-order valence-electron chi connectivity index (χ2n) is 17.5. The van der Waals surface area contributed by atoms with E-state index >= 15 is 0 Å². The van der Waals surface area contributed by atoms with E-state index in [2.05, 4.69) is 41.5 Å². The second-order valence-corrected chi connectivity index (χ2v) is 17.5. The van der Waals surface area contributed by atoms with E-state index in [-0.39, 0.29) is 63.2 Å². The molecule has 5 aliphatic rings. The highest BCUT2D eigenvalue weighted by Crippen LogP contribution is 2.75. The Morgan fingerprint density at radius 3 is 2.11 bits per heavy atom. The molecule has 8 heteroatoms. The highest BCUT2D eigenvalue weighted by atomic mass is 16.8. The molecule has 0 saturated heterocycles. The summed E-state index contributed by atoms with van der Waals surface area (Å²) in [6.45, 7) is 20.4. The maximum atomic E-state index is 14.6. The standard InChI is InChI=1S/C37H56O8/c1-21(2)43-31(42)45-22(3)44-29(39)23-11-13-35(8)27(32(23,4)5)12-14-37(10)28(35)26(38)19-24-25-20-34(7,30(40)41)16-15-33(25,6)17-18-36(24,37)9/h19,21-23,25,27-28H,11-18,20H2,1-10H3,(H,40,41)/t22-,23-,25+,27+,28-,33-,34+,35+,36-,37-/m1/s1. The Hall–Kier alpha value is -2.38. The van der Waals surface area contributed by atoms with Gasteiger partial charge in [-0.1, -0.05) is 47.1 Å². The molecule has 45 heavy (non-hydrogen) atoms. The topological polar surface area (TPSA) is 116 Å². The molecule has 8 nitrogen and oxygen atoms in total. The predicted molar refractivity (Wildman–Crippen MR) is 169 cm³/mol. The molecule has 0 amide bonds. The van der Waals surface area contributed by atoms with Crippen molar-refractivity contribution in [3.8, 4) is 0 Å². The Kier molecular flexibility index (Phi) is 8.18. The van der Waals surface area contributed by atoms with Crippen LogP contribution in [0, 0.1) is 56.2 Å². The summed E-state index contributed by atoms with van der Waals surface area (Å²) in [6.07, 6.45) is 6.99. The van der Waals surface area contributed by atoms with E-state index in [4.69, 9.17) is 14.2 Å². The lowest BCUT2D eigenvalue weighted by Crippen LogP contribution is -2.66. The number of allylic oxidation sites excluding steroid dienone is 2. The van der Waals surface area contributed by atoms with E-state index in [1.165, 1.54) is 12.5 Å². The third kappa shape index (κ3) is 5.06. The largest absolute Gasteiger partial charge is 0.511 e. The van der Waals surface area contributed by atoms with E-state index in [0.29, 0.717) is 19.3 Å². The monoisotopic (exact) mass is 628 g/mol. The number of ketones is 1. The van der Waals surface area contributed by atoms with Gasteiger partial charge < -0.3 is 19.3 Å². The molecule has 0 heterocycles. The summed E-state index contributed by atoms with van der Waals surface area (Å²) in [7, 11) is 0. The van der Waals surface area contributed by atoms with E-state index in [1.807, 2.05) is 13.0 Å². The van der Waals surface area contributed by atoms with Crippen LogP contribution in [-0.4, -0.2) is 41.4 Å². The zero-order valence-electron chi connectivity index (χ0n) is 29.2. The van der Waals surface area contributed by atoms with Gasteiger partial charge in [0, 0.05) is 12.8 Å². The minimum atomic E-state index is -1.06.